The van der Waals surface area contributed by atoms with Gasteiger partial charge >= 0.3 is 5.97 Å². The highest BCUT2D eigenvalue weighted by Gasteiger charge is 2.19. The maximum Gasteiger partial charge on any atom is 0.310 e. The molecule has 2 aromatic rings. The lowest BCUT2D eigenvalue weighted by molar-refractivity contribution is -0.139. The minimum Gasteiger partial charge on any atom is -0.469 e. The van der Waals surface area contributed by atoms with E-state index in [9.17, 15) is 9.59 Å². The molecule has 0 radical (unpaired) electrons. The van der Waals surface area contributed by atoms with Gasteiger partial charge in [0.2, 0.25) is 5.88 Å². The zero-order valence-corrected chi connectivity index (χ0v) is 14.1. The SMILES string of the molecule is COC(=O)Cc1c(Oc2cccc(C(C)=O)c2)ncnc1N(C)C. The number of carbonyl (C=O) groups is 2. The zero-order valence-electron chi connectivity index (χ0n) is 14.1. The predicted octanol–water partition coefficient (Wildman–Crippen LogP) is 2.25. The molecule has 0 aliphatic rings. The molecule has 0 spiro atoms. The monoisotopic (exact) mass is 329 g/mol. The maximum atomic E-state index is 11.7. The first-order chi connectivity index (χ1) is 11.4. The number of methoxy groups -OCH3 is 1. The van der Waals surface area contributed by atoms with Crippen molar-refractivity contribution in [1.29, 1.82) is 0 Å². The highest BCUT2D eigenvalue weighted by molar-refractivity contribution is 5.94. The summed E-state index contributed by atoms with van der Waals surface area (Å²) in [5, 5.41) is 0. The fraction of sp³-hybridized carbons (Fsp3) is 0.294. The molecule has 1 aromatic carbocycles. The second-order valence-corrected chi connectivity index (χ2v) is 5.31. The third-order valence-corrected chi connectivity index (χ3v) is 3.31. The topological polar surface area (TPSA) is 81.6 Å². The summed E-state index contributed by atoms with van der Waals surface area (Å²) in [6.07, 6.45) is 1.34. The Kier molecular flexibility index (Phi) is 5.47. The lowest BCUT2D eigenvalue weighted by atomic mass is 10.1. The van der Waals surface area contributed by atoms with E-state index in [4.69, 9.17) is 9.47 Å². The average molecular weight is 329 g/mol. The Labute approximate surface area is 140 Å². The Bertz CT molecular complexity index is 759. The lowest BCUT2D eigenvalue weighted by Crippen LogP contribution is -2.17. The first kappa shape index (κ1) is 17.4. The van der Waals surface area contributed by atoms with Gasteiger partial charge in [-0.15, -0.1) is 0 Å². The van der Waals surface area contributed by atoms with Crippen molar-refractivity contribution >= 4 is 17.6 Å². The molecule has 2 rings (SSSR count). The van der Waals surface area contributed by atoms with Crippen molar-refractivity contribution in [2.45, 2.75) is 13.3 Å². The Balaban J connectivity index is 2.42. The van der Waals surface area contributed by atoms with Gasteiger partial charge in [0.25, 0.3) is 0 Å². The molecule has 0 N–H and O–H groups in total. The van der Waals surface area contributed by atoms with E-state index in [1.807, 2.05) is 14.1 Å². The Hall–Kier alpha value is -2.96. The molecule has 0 aliphatic carbocycles. The summed E-state index contributed by atoms with van der Waals surface area (Å²) < 4.78 is 10.5. The highest BCUT2D eigenvalue weighted by atomic mass is 16.5. The van der Waals surface area contributed by atoms with E-state index < -0.39 is 5.97 Å². The molecule has 1 heterocycles. The van der Waals surface area contributed by atoms with Crippen LogP contribution in [0.3, 0.4) is 0 Å². The van der Waals surface area contributed by atoms with Crippen LogP contribution in [0.15, 0.2) is 30.6 Å². The van der Waals surface area contributed by atoms with Crippen molar-refractivity contribution in [3.05, 3.63) is 41.7 Å². The first-order valence-electron chi connectivity index (χ1n) is 7.29. The molecule has 0 amide bonds. The Morgan fingerprint density at radius 1 is 1.21 bits per heavy atom. The number of anilines is 1. The van der Waals surface area contributed by atoms with Gasteiger partial charge in [-0.05, 0) is 19.1 Å². The van der Waals surface area contributed by atoms with Gasteiger partial charge in [-0.2, -0.15) is 0 Å². The second kappa shape index (κ2) is 7.54. The smallest absolute Gasteiger partial charge is 0.310 e. The summed E-state index contributed by atoms with van der Waals surface area (Å²) in [4.78, 5) is 33.3. The minimum absolute atomic E-state index is 0.0212. The number of hydrogen-bond donors (Lipinski definition) is 0. The second-order valence-electron chi connectivity index (χ2n) is 5.31. The largest absolute Gasteiger partial charge is 0.469 e. The fourth-order valence-electron chi connectivity index (χ4n) is 2.12. The number of nitrogens with zero attached hydrogens (tertiary/aromatic N) is 3. The van der Waals surface area contributed by atoms with Crippen molar-refractivity contribution in [2.24, 2.45) is 0 Å². The molecule has 0 saturated heterocycles. The van der Waals surface area contributed by atoms with Crippen LogP contribution in [0.4, 0.5) is 5.82 Å². The number of rotatable bonds is 6. The minimum atomic E-state index is -0.421. The standard InChI is InChI=1S/C17H19N3O4/c1-11(21)12-6-5-7-13(8-12)24-17-14(9-15(22)23-4)16(20(2)3)18-10-19-17/h5-8,10H,9H2,1-4H3. The quantitative estimate of drug-likeness (QED) is 0.594. The van der Waals surface area contributed by atoms with E-state index in [2.05, 4.69) is 9.97 Å². The van der Waals surface area contributed by atoms with Gasteiger partial charge in [0.05, 0.1) is 19.1 Å². The molecular formula is C17H19N3O4. The first-order valence-corrected chi connectivity index (χ1v) is 7.29. The van der Waals surface area contributed by atoms with Crippen LogP contribution in [0.1, 0.15) is 22.8 Å². The molecule has 1 aromatic heterocycles. The summed E-state index contributed by atoms with van der Waals surface area (Å²) >= 11 is 0. The average Bonchev–Trinajstić information content (AvgIpc) is 2.56. The van der Waals surface area contributed by atoms with Crippen LogP contribution in [0.25, 0.3) is 0 Å². The van der Waals surface area contributed by atoms with Crippen LogP contribution in [0.5, 0.6) is 11.6 Å². The number of Topliss-reactive ketones (excluding diaryl/α,β-unsaturated/α-hetero) is 1. The van der Waals surface area contributed by atoms with Gasteiger partial charge in [-0.25, -0.2) is 9.97 Å². The van der Waals surface area contributed by atoms with Gasteiger partial charge in [-0.1, -0.05) is 12.1 Å². The number of ether oxygens (including phenoxy) is 2. The van der Waals surface area contributed by atoms with Gasteiger partial charge in [-0.3, -0.25) is 9.59 Å². The molecule has 0 fully saturated rings. The van der Waals surface area contributed by atoms with Crippen LogP contribution in [-0.2, 0) is 16.0 Å². The Morgan fingerprint density at radius 3 is 2.58 bits per heavy atom. The van der Waals surface area contributed by atoms with Crippen LogP contribution in [0, 0.1) is 0 Å². The number of benzene rings is 1. The summed E-state index contributed by atoms with van der Waals surface area (Å²) in [5.41, 5.74) is 1.05. The molecule has 0 aliphatic heterocycles. The lowest BCUT2D eigenvalue weighted by Gasteiger charge is -2.17. The maximum absolute atomic E-state index is 11.7. The third kappa shape index (κ3) is 4.07. The van der Waals surface area contributed by atoms with Crippen molar-refractivity contribution in [2.75, 3.05) is 26.1 Å². The molecule has 0 atom stereocenters. The summed E-state index contributed by atoms with van der Waals surface area (Å²) in [6.45, 7) is 1.48. The van der Waals surface area contributed by atoms with Crippen LogP contribution >= 0.6 is 0 Å². The van der Waals surface area contributed by atoms with Crippen molar-refractivity contribution in [3.8, 4) is 11.6 Å². The van der Waals surface area contributed by atoms with Gasteiger partial charge < -0.3 is 14.4 Å². The van der Waals surface area contributed by atoms with Crippen LogP contribution in [-0.4, -0.2) is 42.9 Å². The molecule has 7 nitrogen and oxygen atoms in total. The molecular weight excluding hydrogens is 310 g/mol. The summed E-state index contributed by atoms with van der Waals surface area (Å²) in [5.74, 6) is 0.785. The number of carbonyl (C=O) groups excluding carboxylic acids is 2. The molecule has 24 heavy (non-hydrogen) atoms. The van der Waals surface area contributed by atoms with E-state index in [-0.39, 0.29) is 18.1 Å². The highest BCUT2D eigenvalue weighted by Crippen LogP contribution is 2.29. The van der Waals surface area contributed by atoms with Crippen molar-refractivity contribution in [1.82, 2.24) is 9.97 Å². The normalized spacial score (nSPS) is 10.2. The Morgan fingerprint density at radius 2 is 1.96 bits per heavy atom. The molecule has 7 heteroatoms. The van der Waals surface area contributed by atoms with E-state index in [0.29, 0.717) is 22.7 Å². The van der Waals surface area contributed by atoms with Crippen LogP contribution in [0.2, 0.25) is 0 Å². The van der Waals surface area contributed by atoms with E-state index in [1.54, 1.807) is 29.2 Å². The van der Waals surface area contributed by atoms with Crippen molar-refractivity contribution < 1.29 is 19.1 Å². The number of ketones is 1. The van der Waals surface area contributed by atoms with E-state index in [0.717, 1.165) is 0 Å². The molecule has 0 bridgehead atoms. The number of aromatic nitrogens is 2. The number of hydrogen-bond acceptors (Lipinski definition) is 7. The number of esters is 1. The van der Waals surface area contributed by atoms with E-state index >= 15 is 0 Å². The predicted molar refractivity (Wildman–Crippen MR) is 88.6 cm³/mol. The third-order valence-electron chi connectivity index (χ3n) is 3.31. The van der Waals surface area contributed by atoms with E-state index in [1.165, 1.54) is 20.4 Å². The van der Waals surface area contributed by atoms with Gasteiger partial charge in [0.15, 0.2) is 5.78 Å². The summed E-state index contributed by atoms with van der Waals surface area (Å²) in [7, 11) is 4.94. The molecule has 0 saturated carbocycles. The fourth-order valence-corrected chi connectivity index (χ4v) is 2.12. The van der Waals surface area contributed by atoms with Crippen molar-refractivity contribution in [3.63, 3.8) is 0 Å². The summed E-state index contributed by atoms with van der Waals surface area (Å²) in [6, 6.07) is 6.77. The van der Waals surface area contributed by atoms with Crippen LogP contribution < -0.4 is 9.64 Å². The zero-order chi connectivity index (χ0) is 17.7. The molecule has 0 unspecified atom stereocenters. The van der Waals surface area contributed by atoms with Gasteiger partial charge in [0, 0.05) is 19.7 Å². The van der Waals surface area contributed by atoms with Gasteiger partial charge in [0.1, 0.15) is 17.9 Å². The molecule has 126 valence electrons.